The molecule has 2 atom stereocenters. The summed E-state index contributed by atoms with van der Waals surface area (Å²) in [5.41, 5.74) is 0. The van der Waals surface area contributed by atoms with Gasteiger partial charge in [0.2, 0.25) is 0 Å². The van der Waals surface area contributed by atoms with Crippen LogP contribution in [-0.2, 0) is 4.74 Å². The van der Waals surface area contributed by atoms with Crippen LogP contribution in [0.25, 0.3) is 5.78 Å². The van der Waals surface area contributed by atoms with Gasteiger partial charge in [-0.25, -0.2) is 0 Å². The Balaban J connectivity index is 1.65. The normalized spacial score (nSPS) is 27.0. The summed E-state index contributed by atoms with van der Waals surface area (Å²) in [5, 5.41) is 8.08. The Labute approximate surface area is 115 Å². The number of aromatic nitrogens is 4. The van der Waals surface area contributed by atoms with E-state index in [1.165, 1.54) is 19.2 Å². The molecule has 2 aromatic rings. The molecule has 0 spiro atoms. The van der Waals surface area contributed by atoms with E-state index in [0.29, 0.717) is 29.0 Å². The van der Waals surface area contributed by atoms with Crippen LogP contribution >= 0.6 is 11.6 Å². The molecule has 100 valence electrons. The van der Waals surface area contributed by atoms with Gasteiger partial charge in [-0.3, -0.25) is 0 Å². The van der Waals surface area contributed by atoms with Crippen molar-refractivity contribution in [2.75, 3.05) is 11.9 Å². The quantitative estimate of drug-likeness (QED) is 0.868. The van der Waals surface area contributed by atoms with E-state index in [-0.39, 0.29) is 0 Å². The van der Waals surface area contributed by atoms with Crippen molar-refractivity contribution in [3.8, 4) is 0 Å². The van der Waals surface area contributed by atoms with Crippen molar-refractivity contribution in [1.82, 2.24) is 19.6 Å². The summed E-state index contributed by atoms with van der Waals surface area (Å²) in [6.07, 6.45) is 5.35. The third-order valence-electron chi connectivity index (χ3n) is 3.78. The smallest absolute Gasteiger partial charge is 0.255 e. The number of nitrogens with zero attached hydrogens (tertiary/aromatic N) is 4. The molecule has 1 saturated carbocycles. The molecule has 0 amide bonds. The van der Waals surface area contributed by atoms with Gasteiger partial charge >= 0.3 is 0 Å². The number of fused-ring (bicyclic) bond motifs is 1. The maximum atomic E-state index is 6.01. The predicted molar refractivity (Wildman–Crippen MR) is 70.3 cm³/mol. The Kier molecular flexibility index (Phi) is 2.60. The molecule has 0 bridgehead atoms. The second-order valence-corrected chi connectivity index (χ2v) is 5.54. The molecule has 4 rings (SSSR count). The van der Waals surface area contributed by atoms with Crippen LogP contribution in [0.2, 0.25) is 5.15 Å². The summed E-state index contributed by atoms with van der Waals surface area (Å²) in [6.45, 7) is 0.818. The Morgan fingerprint density at radius 2 is 2.26 bits per heavy atom. The average Bonchev–Trinajstić information content (AvgIpc) is 2.94. The largest absolute Gasteiger partial charge is 0.376 e. The van der Waals surface area contributed by atoms with Gasteiger partial charge in [0.25, 0.3) is 5.78 Å². The topological polar surface area (TPSA) is 64.3 Å². The summed E-state index contributed by atoms with van der Waals surface area (Å²) in [4.78, 5) is 8.19. The zero-order valence-corrected chi connectivity index (χ0v) is 11.0. The molecule has 7 heteroatoms. The highest BCUT2D eigenvalue weighted by molar-refractivity contribution is 6.29. The lowest BCUT2D eigenvalue weighted by molar-refractivity contribution is 0.0898. The van der Waals surface area contributed by atoms with Gasteiger partial charge in [-0.05, 0) is 25.2 Å². The third-order valence-corrected chi connectivity index (χ3v) is 3.97. The maximum absolute atomic E-state index is 6.01. The molecular weight excluding hydrogens is 266 g/mol. The van der Waals surface area contributed by atoms with Gasteiger partial charge < -0.3 is 10.1 Å². The van der Waals surface area contributed by atoms with Crippen molar-refractivity contribution in [2.45, 2.75) is 31.4 Å². The highest BCUT2D eigenvalue weighted by atomic mass is 35.5. The van der Waals surface area contributed by atoms with Crippen LogP contribution in [0.5, 0.6) is 0 Å². The van der Waals surface area contributed by atoms with E-state index in [1.807, 2.05) is 0 Å². The van der Waals surface area contributed by atoms with Gasteiger partial charge in [-0.2, -0.15) is 19.6 Å². The molecule has 2 fully saturated rings. The molecule has 0 radical (unpaired) electrons. The molecule has 1 N–H and O–H groups in total. The van der Waals surface area contributed by atoms with Crippen LogP contribution in [0.1, 0.15) is 19.3 Å². The van der Waals surface area contributed by atoms with E-state index >= 15 is 0 Å². The lowest BCUT2D eigenvalue weighted by atomic mass is 10.1. The molecule has 2 aromatic heterocycles. The Hall–Kier alpha value is -1.40. The Morgan fingerprint density at radius 1 is 1.37 bits per heavy atom. The highest BCUT2D eigenvalue weighted by Gasteiger charge is 2.40. The fourth-order valence-corrected chi connectivity index (χ4v) is 2.91. The monoisotopic (exact) mass is 279 g/mol. The summed E-state index contributed by atoms with van der Waals surface area (Å²) >= 11 is 6.01. The molecule has 19 heavy (non-hydrogen) atoms. The Morgan fingerprint density at radius 3 is 3.11 bits per heavy atom. The van der Waals surface area contributed by atoms with Crippen molar-refractivity contribution in [2.24, 2.45) is 5.92 Å². The summed E-state index contributed by atoms with van der Waals surface area (Å²) < 4.78 is 7.50. The summed E-state index contributed by atoms with van der Waals surface area (Å²) in [6, 6.07) is 2.10. The predicted octanol–water partition coefficient (Wildman–Crippen LogP) is 1.76. The summed E-state index contributed by atoms with van der Waals surface area (Å²) in [5.74, 6) is 2.05. The lowest BCUT2D eigenvalue weighted by Gasteiger charge is -2.20. The van der Waals surface area contributed by atoms with E-state index in [4.69, 9.17) is 16.3 Å². The van der Waals surface area contributed by atoms with Gasteiger partial charge in [-0.1, -0.05) is 11.6 Å². The van der Waals surface area contributed by atoms with Gasteiger partial charge in [-0.15, -0.1) is 0 Å². The number of hydrogen-bond donors (Lipinski definition) is 1. The van der Waals surface area contributed by atoms with Crippen molar-refractivity contribution < 1.29 is 4.74 Å². The fraction of sp³-hybridized carbons (Fsp3) is 0.583. The molecular formula is C12H14ClN5O. The van der Waals surface area contributed by atoms with Crippen LogP contribution in [0.15, 0.2) is 12.4 Å². The number of halogens is 1. The number of anilines is 1. The van der Waals surface area contributed by atoms with E-state index < -0.39 is 0 Å². The van der Waals surface area contributed by atoms with Gasteiger partial charge in [0.15, 0.2) is 0 Å². The van der Waals surface area contributed by atoms with Crippen LogP contribution in [0, 0.1) is 5.92 Å². The standard InChI is InChI=1S/C12H14ClN5O/c13-9-5-10(18-12(17-9)14-6-15-18)16-8-3-4-19-11(8)7-1-2-7/h5-8,11,16H,1-4H2. The van der Waals surface area contributed by atoms with Gasteiger partial charge in [0, 0.05) is 12.7 Å². The first kappa shape index (κ1) is 11.4. The number of hydrogen-bond acceptors (Lipinski definition) is 5. The van der Waals surface area contributed by atoms with Crippen LogP contribution in [-0.4, -0.2) is 38.3 Å². The minimum absolute atomic E-state index is 0.311. The van der Waals surface area contributed by atoms with Crippen LogP contribution < -0.4 is 5.32 Å². The van der Waals surface area contributed by atoms with E-state index in [0.717, 1.165) is 18.8 Å². The molecule has 0 aromatic carbocycles. The lowest BCUT2D eigenvalue weighted by Crippen LogP contribution is -2.31. The van der Waals surface area contributed by atoms with Crippen LogP contribution in [0.3, 0.4) is 0 Å². The average molecular weight is 280 g/mol. The third kappa shape index (κ3) is 2.04. The van der Waals surface area contributed by atoms with E-state index in [1.54, 1.807) is 10.6 Å². The second-order valence-electron chi connectivity index (χ2n) is 5.15. The van der Waals surface area contributed by atoms with Crippen molar-refractivity contribution >= 4 is 23.2 Å². The zero-order chi connectivity index (χ0) is 12.8. The molecule has 3 heterocycles. The molecule has 2 aliphatic rings. The molecule has 6 nitrogen and oxygen atoms in total. The SMILES string of the molecule is Clc1cc(NC2CCOC2C2CC2)n2ncnc2n1. The van der Waals surface area contributed by atoms with Gasteiger partial charge in [0.1, 0.15) is 17.3 Å². The fourth-order valence-electron chi connectivity index (χ4n) is 2.73. The highest BCUT2D eigenvalue weighted by Crippen LogP contribution is 2.39. The zero-order valence-electron chi connectivity index (χ0n) is 10.3. The van der Waals surface area contributed by atoms with Crippen molar-refractivity contribution in [3.63, 3.8) is 0 Å². The Bertz CT molecular complexity index is 611. The first-order valence-electron chi connectivity index (χ1n) is 6.56. The van der Waals surface area contributed by atoms with E-state index in [2.05, 4.69) is 20.4 Å². The van der Waals surface area contributed by atoms with E-state index in [9.17, 15) is 0 Å². The first-order valence-corrected chi connectivity index (χ1v) is 6.93. The number of ether oxygens (including phenoxy) is 1. The minimum atomic E-state index is 0.311. The number of rotatable bonds is 3. The first-order chi connectivity index (χ1) is 9.31. The van der Waals surface area contributed by atoms with Gasteiger partial charge in [0.05, 0.1) is 12.1 Å². The summed E-state index contributed by atoms with van der Waals surface area (Å²) in [7, 11) is 0. The van der Waals surface area contributed by atoms with Crippen LogP contribution in [0.4, 0.5) is 5.82 Å². The minimum Gasteiger partial charge on any atom is -0.376 e. The molecule has 1 aliphatic heterocycles. The molecule has 1 saturated heterocycles. The maximum Gasteiger partial charge on any atom is 0.255 e. The molecule has 2 unspecified atom stereocenters. The van der Waals surface area contributed by atoms with Crippen molar-refractivity contribution in [3.05, 3.63) is 17.5 Å². The molecule has 1 aliphatic carbocycles. The second kappa shape index (κ2) is 4.31. The number of nitrogens with one attached hydrogen (secondary N) is 1. The van der Waals surface area contributed by atoms with Crippen molar-refractivity contribution in [1.29, 1.82) is 0 Å².